The van der Waals surface area contributed by atoms with E-state index in [1.165, 1.54) is 5.56 Å². The number of hydrogen-bond acceptors (Lipinski definition) is 4. The van der Waals surface area contributed by atoms with E-state index >= 15 is 0 Å². The lowest BCUT2D eigenvalue weighted by Gasteiger charge is -2.27. The molecular weight excluding hydrogens is 412 g/mol. The molecule has 1 N–H and O–H groups in total. The van der Waals surface area contributed by atoms with E-state index in [9.17, 15) is 14.7 Å². The molecule has 1 unspecified atom stereocenters. The number of amides is 1. The molecule has 5 nitrogen and oxygen atoms in total. The molecule has 0 radical (unpaired) electrons. The van der Waals surface area contributed by atoms with Gasteiger partial charge in [-0.25, -0.2) is 0 Å². The molecule has 176 valence electrons. The standard InChI is InChI=1S/C28H36N2O3/c1-8-19-10-12-20(13-11-19)24-23(26(32)27(33)30(24)16-15-29(6)7)25(31)22-17-21(28(3,4)5)14-9-18(22)2/h9-14,17,24,31H,8,15-16H2,1-7H3/b25-23+. The van der Waals surface area contributed by atoms with E-state index in [1.807, 2.05) is 68.4 Å². The summed E-state index contributed by atoms with van der Waals surface area (Å²) in [6.07, 6.45) is 0.903. The summed E-state index contributed by atoms with van der Waals surface area (Å²) < 4.78 is 0. The van der Waals surface area contributed by atoms with Crippen LogP contribution in [0.4, 0.5) is 0 Å². The van der Waals surface area contributed by atoms with Crippen LogP contribution in [0.1, 0.15) is 61.6 Å². The lowest BCUT2D eigenvalue weighted by molar-refractivity contribution is -0.140. The summed E-state index contributed by atoms with van der Waals surface area (Å²) >= 11 is 0. The van der Waals surface area contributed by atoms with Crippen LogP contribution in [0.3, 0.4) is 0 Å². The predicted molar refractivity (Wildman–Crippen MR) is 133 cm³/mol. The van der Waals surface area contributed by atoms with Crippen molar-refractivity contribution in [3.05, 3.63) is 75.9 Å². The Morgan fingerprint density at radius 3 is 2.24 bits per heavy atom. The number of aryl methyl sites for hydroxylation is 2. The Kier molecular flexibility index (Phi) is 7.13. The number of carbonyl (C=O) groups excluding carboxylic acids is 2. The quantitative estimate of drug-likeness (QED) is 0.390. The molecule has 0 spiro atoms. The van der Waals surface area contributed by atoms with Gasteiger partial charge in [0.2, 0.25) is 0 Å². The maximum Gasteiger partial charge on any atom is 0.295 e. The normalized spacial score (nSPS) is 18.4. The van der Waals surface area contributed by atoms with Gasteiger partial charge in [-0.15, -0.1) is 0 Å². The molecule has 1 aliphatic heterocycles. The number of aliphatic hydroxyl groups excluding tert-OH is 1. The van der Waals surface area contributed by atoms with Crippen LogP contribution in [-0.4, -0.2) is 53.8 Å². The molecule has 2 aromatic rings. The maximum absolute atomic E-state index is 13.3. The highest BCUT2D eigenvalue weighted by atomic mass is 16.3. The van der Waals surface area contributed by atoms with Gasteiger partial charge in [0, 0.05) is 18.7 Å². The topological polar surface area (TPSA) is 60.9 Å². The van der Waals surface area contributed by atoms with E-state index in [0.29, 0.717) is 18.7 Å². The van der Waals surface area contributed by atoms with Crippen molar-refractivity contribution in [2.45, 2.75) is 52.5 Å². The number of carbonyl (C=O) groups is 2. The van der Waals surface area contributed by atoms with Gasteiger partial charge in [0.25, 0.3) is 11.7 Å². The Hall–Kier alpha value is -2.92. The molecule has 1 saturated heterocycles. The van der Waals surface area contributed by atoms with Gasteiger partial charge in [0.05, 0.1) is 11.6 Å². The van der Waals surface area contributed by atoms with Crippen LogP contribution >= 0.6 is 0 Å². The van der Waals surface area contributed by atoms with Crippen LogP contribution in [-0.2, 0) is 21.4 Å². The Labute approximate surface area is 197 Å². The van der Waals surface area contributed by atoms with E-state index in [2.05, 4.69) is 27.7 Å². The second-order valence-corrected chi connectivity index (χ2v) is 10.2. The third-order valence-corrected chi connectivity index (χ3v) is 6.39. The zero-order chi connectivity index (χ0) is 24.5. The number of Topliss-reactive ketones (excluding diaryl/α,β-unsaturated/α-hetero) is 1. The molecule has 0 saturated carbocycles. The van der Waals surface area contributed by atoms with Gasteiger partial charge < -0.3 is 14.9 Å². The first-order valence-corrected chi connectivity index (χ1v) is 11.6. The highest BCUT2D eigenvalue weighted by Crippen LogP contribution is 2.40. The molecule has 5 heteroatoms. The van der Waals surface area contributed by atoms with E-state index in [4.69, 9.17) is 0 Å². The number of nitrogens with zero attached hydrogens (tertiary/aromatic N) is 2. The molecule has 1 fully saturated rings. The van der Waals surface area contributed by atoms with Crippen LogP contribution in [0.25, 0.3) is 5.76 Å². The second kappa shape index (κ2) is 9.52. The summed E-state index contributed by atoms with van der Waals surface area (Å²) in [5.41, 5.74) is 4.57. The van der Waals surface area contributed by atoms with Crippen molar-refractivity contribution in [2.75, 3.05) is 27.2 Å². The first-order chi connectivity index (χ1) is 15.5. The third kappa shape index (κ3) is 5.03. The summed E-state index contributed by atoms with van der Waals surface area (Å²) in [5, 5.41) is 11.5. The number of aliphatic hydroxyl groups is 1. The highest BCUT2D eigenvalue weighted by Gasteiger charge is 2.46. The number of likely N-dealkylation sites (N-methyl/N-ethyl adjacent to an activating group) is 1. The first-order valence-electron chi connectivity index (χ1n) is 11.6. The van der Waals surface area contributed by atoms with Gasteiger partial charge in [0.15, 0.2) is 0 Å². The summed E-state index contributed by atoms with van der Waals surface area (Å²) in [5.74, 6) is -1.29. The van der Waals surface area contributed by atoms with Crippen molar-refractivity contribution in [2.24, 2.45) is 0 Å². The molecule has 1 aliphatic rings. The van der Waals surface area contributed by atoms with Crippen molar-refractivity contribution in [3.63, 3.8) is 0 Å². The predicted octanol–water partition coefficient (Wildman–Crippen LogP) is 4.84. The van der Waals surface area contributed by atoms with Gasteiger partial charge >= 0.3 is 0 Å². The van der Waals surface area contributed by atoms with Crippen LogP contribution in [0.2, 0.25) is 0 Å². The lowest BCUT2D eigenvalue weighted by Crippen LogP contribution is -2.35. The Bertz CT molecular complexity index is 1080. The molecule has 33 heavy (non-hydrogen) atoms. The first kappa shape index (κ1) is 24.7. The molecule has 0 bridgehead atoms. The van der Waals surface area contributed by atoms with Gasteiger partial charge in [-0.3, -0.25) is 9.59 Å². The van der Waals surface area contributed by atoms with E-state index < -0.39 is 17.7 Å². The van der Waals surface area contributed by atoms with Crippen LogP contribution in [0.5, 0.6) is 0 Å². The third-order valence-electron chi connectivity index (χ3n) is 6.39. The van der Waals surface area contributed by atoms with Crippen LogP contribution in [0.15, 0.2) is 48.0 Å². The lowest BCUT2D eigenvalue weighted by atomic mass is 9.84. The fraction of sp³-hybridized carbons (Fsp3) is 0.429. The number of likely N-dealkylation sites (tertiary alicyclic amines) is 1. The van der Waals surface area contributed by atoms with Gasteiger partial charge in [-0.1, -0.05) is 64.1 Å². The van der Waals surface area contributed by atoms with Gasteiger partial charge in [-0.05, 0) is 61.2 Å². The van der Waals surface area contributed by atoms with Crippen molar-refractivity contribution in [1.82, 2.24) is 9.80 Å². The fourth-order valence-electron chi connectivity index (χ4n) is 4.19. The van der Waals surface area contributed by atoms with Crippen LogP contribution in [0, 0.1) is 6.92 Å². The maximum atomic E-state index is 13.3. The number of benzene rings is 2. The molecule has 1 atom stereocenters. The number of ketones is 1. The molecule has 2 aromatic carbocycles. The van der Waals surface area contributed by atoms with Crippen molar-refractivity contribution < 1.29 is 14.7 Å². The summed E-state index contributed by atoms with van der Waals surface area (Å²) in [7, 11) is 3.87. The summed E-state index contributed by atoms with van der Waals surface area (Å²) in [6.45, 7) is 11.3. The largest absolute Gasteiger partial charge is 0.507 e. The Balaban J connectivity index is 2.20. The Morgan fingerprint density at radius 2 is 1.70 bits per heavy atom. The number of hydrogen-bond donors (Lipinski definition) is 1. The monoisotopic (exact) mass is 448 g/mol. The average Bonchev–Trinajstić information content (AvgIpc) is 3.01. The average molecular weight is 449 g/mol. The second-order valence-electron chi connectivity index (χ2n) is 10.2. The summed E-state index contributed by atoms with van der Waals surface area (Å²) in [4.78, 5) is 29.9. The molecule has 3 rings (SSSR count). The minimum atomic E-state index is -0.628. The van der Waals surface area contributed by atoms with Gasteiger partial charge in [0.1, 0.15) is 5.76 Å². The zero-order valence-corrected chi connectivity index (χ0v) is 20.9. The minimum absolute atomic E-state index is 0.103. The molecular formula is C28H36N2O3. The highest BCUT2D eigenvalue weighted by molar-refractivity contribution is 6.46. The molecule has 0 aromatic heterocycles. The van der Waals surface area contributed by atoms with Gasteiger partial charge in [-0.2, -0.15) is 0 Å². The smallest absolute Gasteiger partial charge is 0.295 e. The van der Waals surface area contributed by atoms with E-state index in [0.717, 1.165) is 23.1 Å². The minimum Gasteiger partial charge on any atom is -0.507 e. The number of rotatable bonds is 6. The fourth-order valence-corrected chi connectivity index (χ4v) is 4.19. The van der Waals surface area contributed by atoms with Crippen molar-refractivity contribution in [1.29, 1.82) is 0 Å². The SMILES string of the molecule is CCc1ccc(C2/C(=C(\O)c3cc(C(C)(C)C)ccc3C)C(=O)C(=O)N2CCN(C)C)cc1. The zero-order valence-electron chi connectivity index (χ0n) is 20.9. The Morgan fingerprint density at radius 1 is 1.06 bits per heavy atom. The molecule has 0 aliphatic carbocycles. The van der Waals surface area contributed by atoms with E-state index in [-0.39, 0.29) is 16.7 Å². The van der Waals surface area contributed by atoms with E-state index in [1.54, 1.807) is 4.90 Å². The van der Waals surface area contributed by atoms with Crippen molar-refractivity contribution in [3.8, 4) is 0 Å². The molecule has 1 amide bonds. The van der Waals surface area contributed by atoms with Crippen LogP contribution < -0.4 is 0 Å². The molecule has 1 heterocycles. The van der Waals surface area contributed by atoms with Crippen molar-refractivity contribution >= 4 is 17.4 Å². The summed E-state index contributed by atoms with van der Waals surface area (Å²) in [6, 6.07) is 13.3.